The molecule has 1 aliphatic rings. The number of carbonyl (C=O) groups excluding carboxylic acids is 1. The van der Waals surface area contributed by atoms with Crippen LogP contribution in [-0.4, -0.2) is 53.5 Å². The highest BCUT2D eigenvalue weighted by Crippen LogP contribution is 2.39. The lowest BCUT2D eigenvalue weighted by Crippen LogP contribution is -2.37. The van der Waals surface area contributed by atoms with Gasteiger partial charge in [-0.05, 0) is 36.0 Å². The van der Waals surface area contributed by atoms with Crippen LogP contribution in [0, 0.1) is 5.41 Å². The van der Waals surface area contributed by atoms with Gasteiger partial charge < -0.3 is 30.3 Å². The number of benzene rings is 2. The van der Waals surface area contributed by atoms with Crippen LogP contribution < -0.4 is 10.6 Å². The minimum Gasteiger partial charge on any atom is -0.546 e. The Morgan fingerprint density at radius 3 is 2.57 bits per heavy atom. The number of aromatic nitrogens is 2. The molecule has 0 aliphatic carbocycles. The van der Waals surface area contributed by atoms with Crippen molar-refractivity contribution in [3.63, 3.8) is 0 Å². The van der Waals surface area contributed by atoms with Crippen molar-refractivity contribution in [1.82, 2.24) is 13.6 Å². The van der Waals surface area contributed by atoms with Crippen LogP contribution in [0.3, 0.4) is 0 Å². The summed E-state index contributed by atoms with van der Waals surface area (Å²) in [6, 6.07) is 14.3. The molecule has 1 fully saturated rings. The van der Waals surface area contributed by atoms with E-state index in [0.717, 1.165) is 18.4 Å². The lowest BCUT2D eigenvalue weighted by atomic mass is 9.82. The molecular formula is C25H31N5O4S. The van der Waals surface area contributed by atoms with E-state index in [9.17, 15) is 19.6 Å². The highest BCUT2D eigenvalue weighted by Gasteiger charge is 2.32. The van der Waals surface area contributed by atoms with Crippen molar-refractivity contribution in [2.45, 2.75) is 45.7 Å². The van der Waals surface area contributed by atoms with Gasteiger partial charge in [0.2, 0.25) is 11.6 Å². The molecule has 9 nitrogen and oxygen atoms in total. The van der Waals surface area contributed by atoms with Crippen molar-refractivity contribution < 1.29 is 19.6 Å². The molecular weight excluding hydrogens is 466 g/mol. The molecule has 0 spiro atoms. The van der Waals surface area contributed by atoms with E-state index in [1.807, 2.05) is 30.3 Å². The molecule has 3 aromatic rings. The highest BCUT2D eigenvalue weighted by molar-refractivity contribution is 7.14. The maximum absolute atomic E-state index is 13.1. The normalized spacial score (nSPS) is 17.3. The monoisotopic (exact) mass is 497 g/mol. The third-order valence-electron chi connectivity index (χ3n) is 6.21. The zero-order chi connectivity index (χ0) is 25.2. The summed E-state index contributed by atoms with van der Waals surface area (Å²) in [7, 11) is 0. The molecule has 1 aromatic heterocycles. The van der Waals surface area contributed by atoms with Gasteiger partial charge in [-0.25, -0.2) is 0 Å². The third kappa shape index (κ3) is 5.39. The van der Waals surface area contributed by atoms with Crippen LogP contribution in [0.25, 0.3) is 0 Å². The minimum atomic E-state index is -1.82. The number of phenols is 1. The summed E-state index contributed by atoms with van der Waals surface area (Å²) in [4.78, 5) is 14.7. The molecule has 1 amide bonds. The number of anilines is 3. The molecule has 4 rings (SSSR count). The van der Waals surface area contributed by atoms with Crippen LogP contribution in [0.2, 0.25) is 0 Å². The quantitative estimate of drug-likeness (QED) is 0.278. The Morgan fingerprint density at radius 1 is 1.17 bits per heavy atom. The van der Waals surface area contributed by atoms with Crippen LogP contribution >= 0.6 is 11.1 Å². The Hall–Kier alpha value is -3.21. The zero-order valence-electron chi connectivity index (χ0n) is 20.1. The first kappa shape index (κ1) is 24.9. The number of hydrogen-bond acceptors (Lipinski definition) is 8. The average Bonchev–Trinajstić information content (AvgIpc) is 3.44. The second-order valence-corrected chi connectivity index (χ2v) is 10.6. The number of nitrogens with one attached hydrogen (secondary N) is 2. The van der Waals surface area contributed by atoms with Gasteiger partial charge in [0.05, 0.1) is 29.9 Å². The van der Waals surface area contributed by atoms with Crippen molar-refractivity contribution in [3.05, 3.63) is 59.7 Å². The SMILES string of the molecule is CC(C)(C)[C@@H](Nc1n[s+]([O-])nc1Nc1cccc(C(=O)N2CCC[C@H]2CO)c1O)c1ccccc1. The number of para-hydroxylation sites is 1. The van der Waals surface area contributed by atoms with Crippen LogP contribution in [-0.2, 0) is 0 Å². The predicted octanol–water partition coefficient (Wildman–Crippen LogP) is 4.45. The molecule has 1 saturated heterocycles. The molecule has 0 bridgehead atoms. The molecule has 1 unspecified atom stereocenters. The van der Waals surface area contributed by atoms with E-state index in [0.29, 0.717) is 12.4 Å². The van der Waals surface area contributed by atoms with E-state index < -0.39 is 11.1 Å². The van der Waals surface area contributed by atoms with Gasteiger partial charge in [0, 0.05) is 15.3 Å². The third-order valence-corrected chi connectivity index (χ3v) is 6.89. The Morgan fingerprint density at radius 2 is 1.89 bits per heavy atom. The van der Waals surface area contributed by atoms with Gasteiger partial charge in [0.15, 0.2) is 16.9 Å². The van der Waals surface area contributed by atoms with Crippen molar-refractivity contribution >= 4 is 34.4 Å². The van der Waals surface area contributed by atoms with Gasteiger partial charge in [-0.2, -0.15) is 0 Å². The predicted molar refractivity (Wildman–Crippen MR) is 135 cm³/mol. The van der Waals surface area contributed by atoms with Crippen LogP contribution in [0.1, 0.15) is 55.6 Å². The lowest BCUT2D eigenvalue weighted by molar-refractivity contribution is 0.0674. The zero-order valence-corrected chi connectivity index (χ0v) is 20.9. The summed E-state index contributed by atoms with van der Waals surface area (Å²) in [6.07, 6.45) is 1.53. The Kier molecular flexibility index (Phi) is 7.25. The first-order chi connectivity index (χ1) is 16.7. The molecule has 1 aliphatic heterocycles. The second-order valence-electron chi connectivity index (χ2n) is 9.77. The molecule has 35 heavy (non-hydrogen) atoms. The second kappa shape index (κ2) is 10.2. The molecule has 0 saturated carbocycles. The summed E-state index contributed by atoms with van der Waals surface area (Å²) >= 11 is -1.82. The molecule has 2 aromatic carbocycles. The smallest absolute Gasteiger partial charge is 0.258 e. The molecule has 4 N–H and O–H groups in total. The number of phenolic OH excluding ortho intramolecular Hbond substituents is 1. The number of likely N-dealkylation sites (tertiary alicyclic amines) is 1. The van der Waals surface area contributed by atoms with E-state index in [1.165, 1.54) is 0 Å². The Labute approximate surface area is 207 Å². The number of hydrogen-bond donors (Lipinski definition) is 4. The maximum atomic E-state index is 13.1. The standard InChI is InChI=1S/C25H31N5O4S/c1-25(2,3)21(16-9-5-4-6-10-16)27-23-22(28-35(34)29-23)26-19-13-7-12-18(20(19)32)24(33)30-14-8-11-17(30)15-31/h4-7,9-10,12-13,17,21,31-32H,8,11,14-15H2,1-3H3,(H,26,28)(H,27,29)/t17-,21-,35?/m0/s1. The number of rotatable bonds is 7. The Balaban J connectivity index is 1.62. The number of nitrogens with zero attached hydrogens (tertiary/aromatic N) is 3. The summed E-state index contributed by atoms with van der Waals surface area (Å²) in [5.74, 6) is -0.0641. The van der Waals surface area contributed by atoms with E-state index >= 15 is 0 Å². The van der Waals surface area contributed by atoms with Gasteiger partial charge in [0.1, 0.15) is 0 Å². The molecule has 10 heteroatoms. The summed E-state index contributed by atoms with van der Waals surface area (Å²) in [5.41, 5.74) is 1.21. The van der Waals surface area contributed by atoms with Crippen LogP contribution in [0.4, 0.5) is 17.3 Å². The maximum Gasteiger partial charge on any atom is 0.258 e. The number of aliphatic hydroxyl groups is 1. The molecule has 2 heterocycles. The fraction of sp³-hybridized carbons (Fsp3) is 0.400. The van der Waals surface area contributed by atoms with E-state index in [4.69, 9.17) is 0 Å². The van der Waals surface area contributed by atoms with Gasteiger partial charge in [0.25, 0.3) is 5.91 Å². The van der Waals surface area contributed by atoms with Crippen molar-refractivity contribution in [3.8, 4) is 5.75 Å². The van der Waals surface area contributed by atoms with Gasteiger partial charge in [-0.3, -0.25) is 4.79 Å². The fourth-order valence-electron chi connectivity index (χ4n) is 4.41. The van der Waals surface area contributed by atoms with E-state index in [2.05, 4.69) is 40.2 Å². The largest absolute Gasteiger partial charge is 0.546 e. The van der Waals surface area contributed by atoms with Gasteiger partial charge in [-0.15, -0.1) is 0 Å². The molecule has 0 radical (unpaired) electrons. The van der Waals surface area contributed by atoms with Crippen LogP contribution in [0.5, 0.6) is 5.75 Å². The average molecular weight is 498 g/mol. The number of amides is 1. The van der Waals surface area contributed by atoms with E-state index in [1.54, 1.807) is 23.1 Å². The summed E-state index contributed by atoms with van der Waals surface area (Å²) in [5, 5.41) is 26.9. The van der Waals surface area contributed by atoms with Crippen LogP contribution in [0.15, 0.2) is 48.5 Å². The Bertz CT molecular complexity index is 1180. The van der Waals surface area contributed by atoms with Gasteiger partial charge in [-0.1, -0.05) is 57.2 Å². The van der Waals surface area contributed by atoms with Crippen molar-refractivity contribution in [1.29, 1.82) is 0 Å². The number of aliphatic hydroxyl groups excluding tert-OH is 1. The first-order valence-electron chi connectivity index (χ1n) is 11.6. The topological polar surface area (TPSA) is 134 Å². The molecule has 3 atom stereocenters. The molecule has 186 valence electrons. The van der Waals surface area contributed by atoms with Crippen molar-refractivity contribution in [2.24, 2.45) is 5.41 Å². The fourth-order valence-corrected chi connectivity index (χ4v) is 5.04. The lowest BCUT2D eigenvalue weighted by Gasteiger charge is -2.31. The summed E-state index contributed by atoms with van der Waals surface area (Å²) in [6.45, 7) is 6.68. The number of aromatic hydroxyl groups is 1. The minimum absolute atomic E-state index is 0.116. The number of carbonyl (C=O) groups is 1. The van der Waals surface area contributed by atoms with E-state index in [-0.39, 0.29) is 52.8 Å². The summed E-state index contributed by atoms with van der Waals surface area (Å²) < 4.78 is 20.5. The first-order valence-corrected chi connectivity index (χ1v) is 12.7. The van der Waals surface area contributed by atoms with Gasteiger partial charge >= 0.3 is 0 Å². The highest BCUT2D eigenvalue weighted by atomic mass is 32.2. The van der Waals surface area contributed by atoms with Crippen molar-refractivity contribution in [2.75, 3.05) is 23.8 Å².